The van der Waals surface area contributed by atoms with E-state index in [0.717, 1.165) is 15.8 Å². The highest BCUT2D eigenvalue weighted by molar-refractivity contribution is 9.10. The summed E-state index contributed by atoms with van der Waals surface area (Å²) in [5.41, 5.74) is 5.51. The predicted molar refractivity (Wildman–Crippen MR) is 95.9 cm³/mol. The van der Waals surface area contributed by atoms with Crippen molar-refractivity contribution in [2.75, 3.05) is 11.1 Å². The van der Waals surface area contributed by atoms with E-state index in [1.165, 1.54) is 6.07 Å². The van der Waals surface area contributed by atoms with Crippen LogP contribution in [-0.4, -0.2) is 22.0 Å². The fourth-order valence-corrected chi connectivity index (χ4v) is 3.38. The van der Waals surface area contributed by atoms with E-state index in [9.17, 15) is 14.4 Å². The van der Waals surface area contributed by atoms with Gasteiger partial charge in [0.15, 0.2) is 0 Å². The first-order valence-electron chi connectivity index (χ1n) is 6.62. The van der Waals surface area contributed by atoms with Gasteiger partial charge in [-0.25, -0.2) is 4.79 Å². The molecule has 1 amide bonds. The van der Waals surface area contributed by atoms with Gasteiger partial charge in [0.2, 0.25) is 0 Å². The van der Waals surface area contributed by atoms with Crippen LogP contribution in [0.1, 0.15) is 20.0 Å². The first kappa shape index (κ1) is 16.2. The van der Waals surface area contributed by atoms with Gasteiger partial charge in [0.25, 0.3) is 11.5 Å². The van der Waals surface area contributed by atoms with Crippen LogP contribution < -0.4 is 16.6 Å². The maximum Gasteiger partial charge on any atom is 0.341 e. The van der Waals surface area contributed by atoms with E-state index in [-0.39, 0.29) is 10.6 Å². The molecule has 1 aromatic carbocycles. The van der Waals surface area contributed by atoms with E-state index in [0.29, 0.717) is 15.9 Å². The standard InChI is InChI=1S/C15H10BrN3O4S/c16-6-1-3-7(4-2-6)18-13(21)11-10(17)8-5-9(15(22)23)12(20)19-14(8)24-11/h1-5H,17H2,(H,18,21)(H,19,20)(H,22,23). The molecule has 3 aromatic rings. The Kier molecular flexibility index (Phi) is 4.12. The van der Waals surface area contributed by atoms with Crippen LogP contribution in [0.15, 0.2) is 39.6 Å². The zero-order valence-electron chi connectivity index (χ0n) is 11.9. The number of H-pyrrole nitrogens is 1. The van der Waals surface area contributed by atoms with Gasteiger partial charge in [-0.05, 0) is 30.3 Å². The quantitative estimate of drug-likeness (QED) is 0.530. The van der Waals surface area contributed by atoms with Gasteiger partial charge in [0.1, 0.15) is 15.3 Å². The number of amides is 1. The summed E-state index contributed by atoms with van der Waals surface area (Å²) < 4.78 is 0.876. The molecule has 9 heteroatoms. The molecular formula is C15H10BrN3O4S. The van der Waals surface area contributed by atoms with Crippen molar-refractivity contribution in [3.05, 3.63) is 55.6 Å². The van der Waals surface area contributed by atoms with Crippen LogP contribution in [0.3, 0.4) is 0 Å². The Bertz CT molecular complexity index is 1020. The molecule has 0 unspecified atom stereocenters. The number of aromatic carboxylic acids is 1. The fraction of sp³-hybridized carbons (Fsp3) is 0. The van der Waals surface area contributed by atoms with Gasteiger partial charge >= 0.3 is 5.97 Å². The molecule has 0 saturated carbocycles. The number of aromatic amines is 1. The molecule has 5 N–H and O–H groups in total. The minimum Gasteiger partial charge on any atom is -0.477 e. The van der Waals surface area contributed by atoms with Crippen molar-refractivity contribution in [1.82, 2.24) is 4.98 Å². The Morgan fingerprint density at radius 3 is 2.54 bits per heavy atom. The summed E-state index contributed by atoms with van der Waals surface area (Å²) in [6.45, 7) is 0. The van der Waals surface area contributed by atoms with Crippen LogP contribution in [-0.2, 0) is 0 Å². The SMILES string of the molecule is Nc1c(C(=O)Nc2ccc(Br)cc2)sc2[nH]c(=O)c(C(=O)O)cc12. The molecular weight excluding hydrogens is 398 g/mol. The molecule has 3 rings (SSSR count). The number of carbonyl (C=O) groups excluding carboxylic acids is 1. The van der Waals surface area contributed by atoms with Crippen molar-refractivity contribution in [3.63, 3.8) is 0 Å². The van der Waals surface area contributed by atoms with Gasteiger partial charge in [0, 0.05) is 15.5 Å². The predicted octanol–water partition coefficient (Wildman–Crippen LogP) is 2.88. The molecule has 24 heavy (non-hydrogen) atoms. The van der Waals surface area contributed by atoms with Gasteiger partial charge in [-0.2, -0.15) is 0 Å². The number of hydrogen-bond donors (Lipinski definition) is 4. The number of nitrogens with two attached hydrogens (primary N) is 1. The number of hydrogen-bond acceptors (Lipinski definition) is 5. The molecule has 0 aliphatic heterocycles. The second-order valence-corrected chi connectivity index (χ2v) is 6.80. The van der Waals surface area contributed by atoms with Crippen LogP contribution in [0.5, 0.6) is 0 Å². The summed E-state index contributed by atoms with van der Waals surface area (Å²) >= 11 is 4.30. The number of rotatable bonds is 3. The zero-order valence-corrected chi connectivity index (χ0v) is 14.3. The van der Waals surface area contributed by atoms with E-state index < -0.39 is 23.0 Å². The van der Waals surface area contributed by atoms with Gasteiger partial charge < -0.3 is 21.1 Å². The highest BCUT2D eigenvalue weighted by Gasteiger charge is 2.20. The third kappa shape index (κ3) is 2.91. The Balaban J connectivity index is 2.01. The summed E-state index contributed by atoms with van der Waals surface area (Å²) in [6.07, 6.45) is 0. The minimum atomic E-state index is -1.36. The number of nitrogens with one attached hydrogen (secondary N) is 2. The maximum atomic E-state index is 12.4. The van der Waals surface area contributed by atoms with E-state index in [2.05, 4.69) is 26.2 Å². The average molecular weight is 408 g/mol. The number of fused-ring (bicyclic) bond motifs is 1. The number of carboxylic acids is 1. The molecule has 0 fully saturated rings. The Labute approximate surface area is 147 Å². The summed E-state index contributed by atoms with van der Waals surface area (Å²) in [7, 11) is 0. The number of pyridine rings is 1. The molecule has 0 saturated heterocycles. The van der Waals surface area contributed by atoms with Crippen LogP contribution in [0.4, 0.5) is 11.4 Å². The molecule has 0 aliphatic carbocycles. The summed E-state index contributed by atoms with van der Waals surface area (Å²) in [4.78, 5) is 38.1. The first-order chi connectivity index (χ1) is 11.4. The summed E-state index contributed by atoms with van der Waals surface area (Å²) in [5.74, 6) is -1.79. The van der Waals surface area contributed by atoms with Crippen molar-refractivity contribution in [3.8, 4) is 0 Å². The minimum absolute atomic E-state index is 0.128. The van der Waals surface area contributed by atoms with Gasteiger partial charge in [-0.3, -0.25) is 9.59 Å². The average Bonchev–Trinajstić information content (AvgIpc) is 2.85. The lowest BCUT2D eigenvalue weighted by Gasteiger charge is -2.04. The summed E-state index contributed by atoms with van der Waals surface area (Å²) in [5, 5.41) is 12.0. The van der Waals surface area contributed by atoms with Gasteiger partial charge in [0.05, 0.1) is 5.69 Å². The normalized spacial score (nSPS) is 10.7. The monoisotopic (exact) mass is 407 g/mol. The van der Waals surface area contributed by atoms with Crippen molar-refractivity contribution in [2.45, 2.75) is 0 Å². The smallest absolute Gasteiger partial charge is 0.341 e. The van der Waals surface area contributed by atoms with Gasteiger partial charge in [-0.15, -0.1) is 11.3 Å². The third-order valence-electron chi connectivity index (χ3n) is 3.28. The fourth-order valence-electron chi connectivity index (χ4n) is 2.12. The van der Waals surface area contributed by atoms with Crippen LogP contribution >= 0.6 is 27.3 Å². The van der Waals surface area contributed by atoms with Crippen LogP contribution in [0.2, 0.25) is 0 Å². The van der Waals surface area contributed by atoms with E-state index in [1.807, 2.05) is 0 Å². The molecule has 7 nitrogen and oxygen atoms in total. The topological polar surface area (TPSA) is 125 Å². The summed E-state index contributed by atoms with van der Waals surface area (Å²) in [6, 6.07) is 8.17. The van der Waals surface area contributed by atoms with Crippen LogP contribution in [0.25, 0.3) is 10.2 Å². The van der Waals surface area contributed by atoms with Crippen molar-refractivity contribution < 1.29 is 14.7 Å². The molecule has 2 heterocycles. The largest absolute Gasteiger partial charge is 0.477 e. The van der Waals surface area contributed by atoms with Crippen molar-refractivity contribution >= 4 is 60.7 Å². The number of anilines is 2. The highest BCUT2D eigenvalue weighted by Crippen LogP contribution is 2.32. The number of aromatic nitrogens is 1. The third-order valence-corrected chi connectivity index (χ3v) is 4.95. The Morgan fingerprint density at radius 1 is 1.25 bits per heavy atom. The number of carbonyl (C=O) groups is 2. The molecule has 0 atom stereocenters. The second kappa shape index (κ2) is 6.10. The van der Waals surface area contributed by atoms with E-state index >= 15 is 0 Å². The lowest BCUT2D eigenvalue weighted by Crippen LogP contribution is -2.16. The lowest BCUT2D eigenvalue weighted by atomic mass is 10.2. The Morgan fingerprint density at radius 2 is 1.92 bits per heavy atom. The first-order valence-corrected chi connectivity index (χ1v) is 8.23. The molecule has 0 aliphatic rings. The molecule has 2 aromatic heterocycles. The van der Waals surface area contributed by atoms with Crippen molar-refractivity contribution in [2.24, 2.45) is 0 Å². The molecule has 0 radical (unpaired) electrons. The highest BCUT2D eigenvalue weighted by atomic mass is 79.9. The number of halogens is 1. The molecule has 122 valence electrons. The number of nitrogen functional groups attached to an aromatic ring is 1. The number of thiophene rings is 1. The van der Waals surface area contributed by atoms with Crippen molar-refractivity contribution in [1.29, 1.82) is 0 Å². The van der Waals surface area contributed by atoms with E-state index in [4.69, 9.17) is 10.8 Å². The molecule has 0 spiro atoms. The van der Waals surface area contributed by atoms with Crippen LogP contribution in [0, 0.1) is 0 Å². The van der Waals surface area contributed by atoms with E-state index in [1.54, 1.807) is 24.3 Å². The lowest BCUT2D eigenvalue weighted by molar-refractivity contribution is 0.0695. The maximum absolute atomic E-state index is 12.4. The van der Waals surface area contributed by atoms with Gasteiger partial charge in [-0.1, -0.05) is 15.9 Å². The number of benzene rings is 1. The zero-order chi connectivity index (χ0) is 17.4. The molecule has 0 bridgehead atoms. The number of carboxylic acid groups (broad SMARTS) is 1. The Hall–Kier alpha value is -2.65. The second-order valence-electron chi connectivity index (χ2n) is 4.87.